The van der Waals surface area contributed by atoms with Crippen LogP contribution >= 0.6 is 0 Å². The molecule has 1 saturated heterocycles. The fourth-order valence-corrected chi connectivity index (χ4v) is 5.35. The van der Waals surface area contributed by atoms with Crippen LogP contribution in [0.1, 0.15) is 25.8 Å². The third kappa shape index (κ3) is 4.66. The number of hydrogen-bond donors (Lipinski definition) is 2. The molecule has 1 unspecified atom stereocenters. The zero-order valence-electron chi connectivity index (χ0n) is 22.2. The Labute approximate surface area is 229 Å². The molecule has 0 bridgehead atoms. The molecule has 5 heterocycles. The SMILES string of the molecule is CN(c1nc(-c2ccnc(Nc3nc(F)c(F)cc3F)c2)nc2cncc(C3=CC=C3)c12)C1CCNCC1(C)C. The predicted molar refractivity (Wildman–Crippen MR) is 149 cm³/mol. The first-order valence-electron chi connectivity index (χ1n) is 12.9. The molecule has 6 rings (SSSR count). The summed E-state index contributed by atoms with van der Waals surface area (Å²) in [6.45, 7) is 6.28. The molecule has 0 aromatic carbocycles. The van der Waals surface area contributed by atoms with E-state index in [-0.39, 0.29) is 17.3 Å². The largest absolute Gasteiger partial charge is 0.355 e. The zero-order chi connectivity index (χ0) is 28.0. The summed E-state index contributed by atoms with van der Waals surface area (Å²) in [5.41, 5.74) is 3.27. The predicted octanol–water partition coefficient (Wildman–Crippen LogP) is 5.42. The fourth-order valence-electron chi connectivity index (χ4n) is 5.35. The number of rotatable bonds is 6. The molecular weight excluding hydrogens is 517 g/mol. The van der Waals surface area contributed by atoms with Gasteiger partial charge in [-0.05, 0) is 36.1 Å². The molecule has 2 N–H and O–H groups in total. The summed E-state index contributed by atoms with van der Waals surface area (Å²) < 4.78 is 41.2. The molecule has 0 saturated carbocycles. The number of hydrogen-bond acceptors (Lipinski definition) is 8. The highest BCUT2D eigenvalue weighted by molar-refractivity contribution is 6.02. The molecule has 0 amide bonds. The van der Waals surface area contributed by atoms with E-state index < -0.39 is 23.4 Å². The highest BCUT2D eigenvalue weighted by Crippen LogP contribution is 2.39. The third-order valence-electron chi connectivity index (χ3n) is 7.48. The summed E-state index contributed by atoms with van der Waals surface area (Å²) in [6, 6.07) is 3.98. The van der Waals surface area contributed by atoms with Crippen LogP contribution in [0, 0.1) is 23.0 Å². The van der Waals surface area contributed by atoms with Crippen LogP contribution in [-0.2, 0) is 0 Å². The summed E-state index contributed by atoms with van der Waals surface area (Å²) in [6.07, 6.45) is 12.1. The standard InChI is InChI=1S/C29H27F3N8/c1-29(2)15-33-9-8-22(29)40(3)28-24-18(16-5-4-6-16)13-34-14-21(24)36-26(39-28)17-7-10-35-23(11-17)37-27-20(31)12-19(30)25(32)38-27/h4-7,10-14,22,33H,8-9,15H2,1-3H3,(H,35,37,38). The molecule has 4 aromatic rings. The number of aromatic nitrogens is 5. The van der Waals surface area contributed by atoms with Crippen molar-refractivity contribution < 1.29 is 13.2 Å². The van der Waals surface area contributed by atoms with E-state index >= 15 is 0 Å². The Morgan fingerprint density at radius 1 is 1.07 bits per heavy atom. The van der Waals surface area contributed by atoms with Crippen LogP contribution in [0.4, 0.5) is 30.6 Å². The van der Waals surface area contributed by atoms with Gasteiger partial charge < -0.3 is 15.5 Å². The van der Waals surface area contributed by atoms with Crippen LogP contribution < -0.4 is 15.5 Å². The number of nitrogens with one attached hydrogen (secondary N) is 2. The molecule has 0 spiro atoms. The molecule has 0 radical (unpaired) electrons. The minimum Gasteiger partial charge on any atom is -0.355 e. The summed E-state index contributed by atoms with van der Waals surface area (Å²) in [4.78, 5) is 24.1. The molecule has 1 aliphatic heterocycles. The third-order valence-corrected chi connectivity index (χ3v) is 7.48. The van der Waals surface area contributed by atoms with Crippen molar-refractivity contribution in [2.75, 3.05) is 30.4 Å². The minimum atomic E-state index is -1.41. The highest BCUT2D eigenvalue weighted by atomic mass is 19.2. The first kappa shape index (κ1) is 25.9. The molecule has 40 heavy (non-hydrogen) atoms. The Bertz CT molecular complexity index is 1680. The number of pyridine rings is 3. The summed E-state index contributed by atoms with van der Waals surface area (Å²) >= 11 is 0. The van der Waals surface area contributed by atoms with Gasteiger partial charge in [-0.25, -0.2) is 23.7 Å². The Balaban J connectivity index is 1.46. The van der Waals surface area contributed by atoms with E-state index in [1.165, 1.54) is 6.20 Å². The monoisotopic (exact) mass is 544 g/mol. The van der Waals surface area contributed by atoms with Crippen molar-refractivity contribution in [3.05, 3.63) is 78.2 Å². The summed E-state index contributed by atoms with van der Waals surface area (Å²) in [5.74, 6) is -2.94. The van der Waals surface area contributed by atoms with Crippen molar-refractivity contribution in [1.29, 1.82) is 0 Å². The van der Waals surface area contributed by atoms with E-state index in [1.807, 2.05) is 24.4 Å². The maximum atomic E-state index is 14.2. The molecule has 1 fully saturated rings. The van der Waals surface area contributed by atoms with E-state index in [4.69, 9.17) is 9.97 Å². The topological polar surface area (TPSA) is 91.8 Å². The highest BCUT2D eigenvalue weighted by Gasteiger charge is 2.36. The molecule has 8 nitrogen and oxygen atoms in total. The molecule has 11 heteroatoms. The number of piperidine rings is 1. The van der Waals surface area contributed by atoms with Crippen molar-refractivity contribution in [3.8, 4) is 11.4 Å². The first-order valence-corrected chi connectivity index (χ1v) is 12.9. The van der Waals surface area contributed by atoms with E-state index in [1.54, 1.807) is 18.3 Å². The second-order valence-electron chi connectivity index (χ2n) is 10.7. The van der Waals surface area contributed by atoms with Gasteiger partial charge >= 0.3 is 0 Å². The van der Waals surface area contributed by atoms with Gasteiger partial charge in [0, 0.05) is 49.2 Å². The molecule has 1 aliphatic carbocycles. The Morgan fingerprint density at radius 3 is 2.65 bits per heavy atom. The lowest BCUT2D eigenvalue weighted by Crippen LogP contribution is -2.53. The number of anilines is 3. The van der Waals surface area contributed by atoms with Crippen LogP contribution in [0.2, 0.25) is 0 Å². The van der Waals surface area contributed by atoms with Gasteiger partial charge in [-0.2, -0.15) is 9.37 Å². The lowest BCUT2D eigenvalue weighted by Gasteiger charge is -2.45. The van der Waals surface area contributed by atoms with Crippen molar-refractivity contribution >= 4 is 33.9 Å². The van der Waals surface area contributed by atoms with Gasteiger partial charge in [-0.3, -0.25) is 4.98 Å². The van der Waals surface area contributed by atoms with Gasteiger partial charge in [0.2, 0.25) is 0 Å². The van der Waals surface area contributed by atoms with Gasteiger partial charge in [-0.15, -0.1) is 0 Å². The lowest BCUT2D eigenvalue weighted by molar-refractivity contribution is 0.215. The van der Waals surface area contributed by atoms with E-state index in [9.17, 15) is 13.2 Å². The van der Waals surface area contributed by atoms with Crippen molar-refractivity contribution in [2.45, 2.75) is 26.3 Å². The normalized spacial score (nSPS) is 17.9. The molecule has 1 atom stereocenters. The minimum absolute atomic E-state index is 0.0114. The van der Waals surface area contributed by atoms with E-state index in [2.05, 4.69) is 51.4 Å². The number of halogens is 3. The molecule has 4 aromatic heterocycles. The van der Waals surface area contributed by atoms with E-state index in [0.29, 0.717) is 23.0 Å². The van der Waals surface area contributed by atoms with Gasteiger partial charge in [-0.1, -0.05) is 32.1 Å². The number of fused-ring (bicyclic) bond motifs is 1. The maximum absolute atomic E-state index is 14.2. The van der Waals surface area contributed by atoms with Crippen LogP contribution in [-0.4, -0.2) is 51.1 Å². The maximum Gasteiger partial charge on any atom is 0.251 e. The van der Waals surface area contributed by atoms with Gasteiger partial charge in [0.25, 0.3) is 5.95 Å². The van der Waals surface area contributed by atoms with Gasteiger partial charge in [0.05, 0.1) is 17.1 Å². The van der Waals surface area contributed by atoms with Crippen molar-refractivity contribution in [3.63, 3.8) is 0 Å². The quantitative estimate of drug-likeness (QED) is 0.311. The van der Waals surface area contributed by atoms with Crippen molar-refractivity contribution in [2.24, 2.45) is 5.41 Å². The average molecular weight is 545 g/mol. The number of allylic oxidation sites excluding steroid dienone is 4. The Hall–Kier alpha value is -4.38. The second kappa shape index (κ2) is 9.98. The number of nitrogens with zero attached hydrogens (tertiary/aromatic N) is 6. The van der Waals surface area contributed by atoms with Gasteiger partial charge in [0.1, 0.15) is 11.6 Å². The molecular formula is C29H27F3N8. The Morgan fingerprint density at radius 2 is 1.90 bits per heavy atom. The summed E-state index contributed by atoms with van der Waals surface area (Å²) in [5, 5.41) is 7.02. The van der Waals surface area contributed by atoms with E-state index in [0.717, 1.165) is 41.9 Å². The fraction of sp³-hybridized carbons (Fsp3) is 0.276. The van der Waals surface area contributed by atoms with Crippen LogP contribution in [0.15, 0.2) is 55.0 Å². The molecule has 2 aliphatic rings. The lowest BCUT2D eigenvalue weighted by atomic mass is 9.79. The van der Waals surface area contributed by atoms with Crippen LogP contribution in [0.25, 0.3) is 27.9 Å². The van der Waals surface area contributed by atoms with Gasteiger partial charge in [0.15, 0.2) is 23.3 Å². The van der Waals surface area contributed by atoms with Crippen molar-refractivity contribution in [1.82, 2.24) is 30.2 Å². The Kier molecular flexibility index (Phi) is 6.46. The van der Waals surface area contributed by atoms with Crippen LogP contribution in [0.5, 0.6) is 0 Å². The zero-order valence-corrected chi connectivity index (χ0v) is 22.2. The second-order valence-corrected chi connectivity index (χ2v) is 10.7. The summed E-state index contributed by atoms with van der Waals surface area (Å²) in [7, 11) is 2.07. The first-order chi connectivity index (χ1) is 19.2. The smallest absolute Gasteiger partial charge is 0.251 e. The molecule has 204 valence electrons. The average Bonchev–Trinajstić information content (AvgIpc) is 2.90. The van der Waals surface area contributed by atoms with Crippen LogP contribution in [0.3, 0.4) is 0 Å².